The Hall–Kier alpha value is -3.03. The number of rotatable bonds is 9. The molecule has 0 spiro atoms. The molecule has 2 heterocycles. The molecule has 0 saturated carbocycles. The quantitative estimate of drug-likeness (QED) is 0.511. The minimum atomic E-state index is -0.0203. The molecule has 0 unspecified atom stereocenters. The van der Waals surface area contributed by atoms with E-state index in [2.05, 4.69) is 51.6 Å². The van der Waals surface area contributed by atoms with E-state index in [4.69, 9.17) is 9.15 Å². The number of aromatic nitrogens is 6. The summed E-state index contributed by atoms with van der Waals surface area (Å²) in [5.74, 6) is 3.01. The zero-order valence-electron chi connectivity index (χ0n) is 18.6. The number of hydrogen-bond acceptors (Lipinski definition) is 7. The van der Waals surface area contributed by atoms with Gasteiger partial charge < -0.3 is 9.15 Å². The van der Waals surface area contributed by atoms with E-state index in [9.17, 15) is 0 Å². The van der Waals surface area contributed by atoms with Crippen molar-refractivity contribution < 1.29 is 9.15 Å². The lowest BCUT2D eigenvalue weighted by molar-refractivity contribution is 0.316. The first-order valence-corrected chi connectivity index (χ1v) is 10.3. The third-order valence-corrected chi connectivity index (χ3v) is 4.80. The zero-order chi connectivity index (χ0) is 21.7. The van der Waals surface area contributed by atoms with Crippen molar-refractivity contribution >= 4 is 6.08 Å². The maximum Gasteiger partial charge on any atom is 0.219 e. The van der Waals surface area contributed by atoms with Gasteiger partial charge in [0.1, 0.15) is 5.75 Å². The van der Waals surface area contributed by atoms with Gasteiger partial charge in [-0.05, 0) is 42.2 Å². The molecule has 0 radical (unpaired) electrons. The molecule has 8 heteroatoms. The van der Waals surface area contributed by atoms with Crippen LogP contribution in [0.3, 0.4) is 0 Å². The summed E-state index contributed by atoms with van der Waals surface area (Å²) < 4.78 is 11.3. The van der Waals surface area contributed by atoms with Crippen LogP contribution in [0.5, 0.6) is 5.75 Å². The summed E-state index contributed by atoms with van der Waals surface area (Å²) in [5.41, 5.74) is 1.85. The van der Waals surface area contributed by atoms with Gasteiger partial charge in [0.2, 0.25) is 17.6 Å². The zero-order valence-corrected chi connectivity index (χ0v) is 18.6. The van der Waals surface area contributed by atoms with Crippen molar-refractivity contribution in [2.75, 3.05) is 7.11 Å². The van der Waals surface area contributed by atoms with Crippen LogP contribution in [0.15, 0.2) is 28.7 Å². The largest absolute Gasteiger partial charge is 0.496 e. The molecule has 0 N–H and O–H groups in total. The van der Waals surface area contributed by atoms with Crippen LogP contribution in [0, 0.1) is 5.41 Å². The van der Waals surface area contributed by atoms with E-state index in [1.54, 1.807) is 11.9 Å². The molecule has 0 bridgehead atoms. The molecule has 30 heavy (non-hydrogen) atoms. The Morgan fingerprint density at radius 1 is 1.20 bits per heavy atom. The minimum Gasteiger partial charge on any atom is -0.496 e. The van der Waals surface area contributed by atoms with Gasteiger partial charge in [-0.25, -0.2) is 0 Å². The lowest BCUT2D eigenvalue weighted by atomic mass is 9.85. The van der Waals surface area contributed by atoms with Crippen molar-refractivity contribution in [3.05, 3.63) is 41.6 Å². The number of tetrazole rings is 1. The number of nitrogens with zero attached hydrogens (tertiary/aromatic N) is 6. The molecule has 1 aromatic carbocycles. The first kappa shape index (κ1) is 21.7. The number of methoxy groups -OCH3 is 1. The fourth-order valence-corrected chi connectivity index (χ4v) is 3.05. The topological polar surface area (TPSA) is 91.8 Å². The average Bonchev–Trinajstić information content (AvgIpc) is 3.37. The molecular formula is C22H30N6O2. The Balaban J connectivity index is 1.72. The molecule has 2 aromatic heterocycles. The summed E-state index contributed by atoms with van der Waals surface area (Å²) in [5, 5.41) is 20.9. The van der Waals surface area contributed by atoms with Gasteiger partial charge in [-0.2, -0.15) is 4.80 Å². The van der Waals surface area contributed by atoms with Crippen LogP contribution in [0.1, 0.15) is 64.3 Å². The van der Waals surface area contributed by atoms with Crippen molar-refractivity contribution in [1.82, 2.24) is 30.4 Å². The van der Waals surface area contributed by atoms with Gasteiger partial charge in [0, 0.05) is 23.5 Å². The number of hydrogen-bond donors (Lipinski definition) is 0. The van der Waals surface area contributed by atoms with Crippen LogP contribution in [0.25, 0.3) is 17.5 Å². The summed E-state index contributed by atoms with van der Waals surface area (Å²) in [6, 6.07) is 5.89. The normalized spacial score (nSPS) is 12.2. The third-order valence-electron chi connectivity index (χ3n) is 4.80. The Bertz CT molecular complexity index is 1000. The highest BCUT2D eigenvalue weighted by Gasteiger charge is 2.21. The van der Waals surface area contributed by atoms with Crippen LogP contribution >= 0.6 is 0 Å². The van der Waals surface area contributed by atoms with Crippen LogP contribution in [0.2, 0.25) is 0 Å². The Morgan fingerprint density at radius 2 is 2.00 bits per heavy atom. The van der Waals surface area contributed by atoms with E-state index in [1.807, 2.05) is 39.0 Å². The highest BCUT2D eigenvalue weighted by molar-refractivity contribution is 5.66. The summed E-state index contributed by atoms with van der Waals surface area (Å²) in [4.78, 5) is 1.57. The Labute approximate surface area is 177 Å². The van der Waals surface area contributed by atoms with E-state index in [1.165, 1.54) is 0 Å². The van der Waals surface area contributed by atoms with E-state index in [-0.39, 0.29) is 11.3 Å². The second-order valence-electron chi connectivity index (χ2n) is 8.39. The highest BCUT2D eigenvalue weighted by Crippen LogP contribution is 2.29. The van der Waals surface area contributed by atoms with Gasteiger partial charge in [0.25, 0.3) is 0 Å². The van der Waals surface area contributed by atoms with E-state index in [0.29, 0.717) is 24.2 Å². The van der Waals surface area contributed by atoms with Crippen LogP contribution in [0.4, 0.5) is 0 Å². The molecule has 0 aliphatic carbocycles. The first-order valence-electron chi connectivity index (χ1n) is 10.3. The molecule has 0 aliphatic heterocycles. The smallest absolute Gasteiger partial charge is 0.219 e. The first-order chi connectivity index (χ1) is 14.3. The Morgan fingerprint density at radius 3 is 2.63 bits per heavy atom. The van der Waals surface area contributed by atoms with Gasteiger partial charge in [0.05, 0.1) is 13.7 Å². The monoisotopic (exact) mass is 410 g/mol. The van der Waals surface area contributed by atoms with E-state index < -0.39 is 0 Å². The highest BCUT2D eigenvalue weighted by atomic mass is 16.5. The molecule has 0 atom stereocenters. The predicted molar refractivity (Wildman–Crippen MR) is 115 cm³/mol. The number of aryl methyl sites for hydroxylation is 1. The van der Waals surface area contributed by atoms with Crippen LogP contribution in [-0.4, -0.2) is 37.5 Å². The van der Waals surface area contributed by atoms with Crippen molar-refractivity contribution in [3.8, 4) is 17.1 Å². The third kappa shape index (κ3) is 5.31. The summed E-state index contributed by atoms with van der Waals surface area (Å²) >= 11 is 0. The lowest BCUT2D eigenvalue weighted by Crippen LogP contribution is -2.14. The summed E-state index contributed by atoms with van der Waals surface area (Å²) in [6.45, 7) is 11.1. The molecule has 0 amide bonds. The SMILES string of the molecule is CCn1nnc(-c2ccc(OC)c(/C=C/CC(C)(C)Cc3nnc(C(C)C)o3)c2)n1. The minimum absolute atomic E-state index is 0.0203. The molecule has 8 nitrogen and oxygen atoms in total. The van der Waals surface area contributed by atoms with Gasteiger partial charge in [-0.1, -0.05) is 39.8 Å². The lowest BCUT2D eigenvalue weighted by Gasteiger charge is -2.20. The van der Waals surface area contributed by atoms with Crippen molar-refractivity contribution in [1.29, 1.82) is 0 Å². The second-order valence-corrected chi connectivity index (χ2v) is 8.39. The van der Waals surface area contributed by atoms with Crippen molar-refractivity contribution in [3.63, 3.8) is 0 Å². The molecule has 160 valence electrons. The Kier molecular flexibility index (Phi) is 6.64. The average molecular weight is 411 g/mol. The molecule has 0 fully saturated rings. The van der Waals surface area contributed by atoms with Crippen LogP contribution < -0.4 is 4.74 Å². The van der Waals surface area contributed by atoms with Crippen molar-refractivity contribution in [2.45, 2.75) is 59.9 Å². The molecular weight excluding hydrogens is 380 g/mol. The number of ether oxygens (including phenoxy) is 1. The van der Waals surface area contributed by atoms with E-state index in [0.717, 1.165) is 29.7 Å². The number of allylic oxidation sites excluding steroid dienone is 1. The fraction of sp³-hybridized carbons (Fsp3) is 0.500. The van der Waals surface area contributed by atoms with Gasteiger partial charge in [0.15, 0.2) is 0 Å². The fourth-order valence-electron chi connectivity index (χ4n) is 3.05. The van der Waals surface area contributed by atoms with Gasteiger partial charge in [-0.15, -0.1) is 20.4 Å². The predicted octanol–water partition coefficient (Wildman–Crippen LogP) is 4.55. The molecule has 3 rings (SSSR count). The summed E-state index contributed by atoms with van der Waals surface area (Å²) in [6.07, 6.45) is 5.79. The molecule has 0 saturated heterocycles. The van der Waals surface area contributed by atoms with Gasteiger partial charge in [-0.3, -0.25) is 0 Å². The maximum atomic E-state index is 5.77. The second kappa shape index (κ2) is 9.19. The van der Waals surface area contributed by atoms with Crippen LogP contribution in [-0.2, 0) is 13.0 Å². The van der Waals surface area contributed by atoms with Crippen molar-refractivity contribution in [2.24, 2.45) is 5.41 Å². The standard InChI is InChI=1S/C22H30N6O2/c1-7-28-26-20(24-27-28)17-10-11-18(29-6)16(13-17)9-8-12-22(4,5)14-19-23-25-21(30-19)15(2)3/h8-11,13,15H,7,12,14H2,1-6H3/b9-8+. The van der Waals surface area contributed by atoms with Gasteiger partial charge >= 0.3 is 0 Å². The summed E-state index contributed by atoms with van der Waals surface area (Å²) in [7, 11) is 1.67. The molecule has 3 aromatic rings. The molecule has 0 aliphatic rings. The maximum absolute atomic E-state index is 5.77. The van der Waals surface area contributed by atoms with E-state index >= 15 is 0 Å². The number of benzene rings is 1.